The Labute approximate surface area is 109 Å². The average molecular weight is 265 g/mol. The Balaban J connectivity index is 2.21. The minimum Gasteiger partial charge on any atom is -0.300 e. The van der Waals surface area contributed by atoms with Gasteiger partial charge in [-0.15, -0.1) is 0 Å². The molecular formula is C13H13ClN2O2. The molecule has 4 nitrogen and oxygen atoms in total. The fourth-order valence-corrected chi connectivity index (χ4v) is 1.91. The lowest BCUT2D eigenvalue weighted by molar-refractivity contribution is 0.0970. The summed E-state index contributed by atoms with van der Waals surface area (Å²) in [5, 5.41) is 0.513. The lowest BCUT2D eigenvalue weighted by Crippen LogP contribution is -2.26. The van der Waals surface area contributed by atoms with Crippen LogP contribution >= 0.6 is 11.6 Å². The zero-order valence-electron chi connectivity index (χ0n) is 9.97. The Bertz CT molecular complexity index is 628. The summed E-state index contributed by atoms with van der Waals surface area (Å²) in [6, 6.07) is 6.72. The monoisotopic (exact) mass is 264 g/mol. The summed E-state index contributed by atoms with van der Waals surface area (Å²) in [6.45, 7) is 2.51. The maximum atomic E-state index is 12.0. The van der Waals surface area contributed by atoms with Crippen LogP contribution in [0.5, 0.6) is 0 Å². The van der Waals surface area contributed by atoms with E-state index in [-0.39, 0.29) is 18.0 Å². The topological polar surface area (TPSA) is 44.0 Å². The largest absolute Gasteiger partial charge is 0.328 e. The molecule has 1 heterocycles. The Morgan fingerprint density at radius 2 is 2.00 bits per heavy atom. The molecule has 1 aromatic carbocycles. The van der Waals surface area contributed by atoms with E-state index in [0.29, 0.717) is 17.1 Å². The molecule has 0 aliphatic heterocycles. The van der Waals surface area contributed by atoms with Gasteiger partial charge >= 0.3 is 5.69 Å². The average Bonchev–Trinajstić information content (AvgIpc) is 2.70. The SMILES string of the molecule is CCn1ccn(CC(=O)c2cccc(Cl)c2)c1=O. The van der Waals surface area contributed by atoms with Crippen molar-refractivity contribution in [2.24, 2.45) is 0 Å². The van der Waals surface area contributed by atoms with Crippen LogP contribution in [0.25, 0.3) is 0 Å². The summed E-state index contributed by atoms with van der Waals surface area (Å²) in [6.07, 6.45) is 3.29. The van der Waals surface area contributed by atoms with E-state index in [1.165, 1.54) is 4.57 Å². The van der Waals surface area contributed by atoms with E-state index in [2.05, 4.69) is 0 Å². The molecule has 0 aliphatic carbocycles. The highest BCUT2D eigenvalue weighted by Crippen LogP contribution is 2.11. The molecule has 0 bridgehead atoms. The number of carbonyl (C=O) groups excluding carboxylic acids is 1. The second kappa shape index (κ2) is 5.23. The van der Waals surface area contributed by atoms with Gasteiger partial charge in [-0.3, -0.25) is 13.9 Å². The molecule has 1 aromatic heterocycles. The number of hydrogen-bond acceptors (Lipinski definition) is 2. The summed E-state index contributed by atoms with van der Waals surface area (Å²) < 4.78 is 2.94. The highest BCUT2D eigenvalue weighted by Gasteiger charge is 2.09. The maximum Gasteiger partial charge on any atom is 0.328 e. The van der Waals surface area contributed by atoms with Crippen LogP contribution < -0.4 is 5.69 Å². The standard InChI is InChI=1S/C13H13ClN2O2/c1-2-15-6-7-16(13(15)18)9-12(17)10-4-3-5-11(14)8-10/h3-8H,2,9H2,1H3. The van der Waals surface area contributed by atoms with Gasteiger partial charge < -0.3 is 0 Å². The number of nitrogens with zero attached hydrogens (tertiary/aromatic N) is 2. The van der Waals surface area contributed by atoms with Crippen LogP contribution in [-0.2, 0) is 13.1 Å². The van der Waals surface area contributed by atoms with Crippen LogP contribution in [0, 0.1) is 0 Å². The van der Waals surface area contributed by atoms with Gasteiger partial charge in [-0.25, -0.2) is 4.79 Å². The minimum atomic E-state index is -0.173. The first-order valence-corrected chi connectivity index (χ1v) is 6.04. The molecule has 0 amide bonds. The van der Waals surface area contributed by atoms with Crippen molar-refractivity contribution in [2.45, 2.75) is 20.0 Å². The van der Waals surface area contributed by atoms with Crippen molar-refractivity contribution in [3.63, 3.8) is 0 Å². The van der Waals surface area contributed by atoms with Gasteiger partial charge in [-0.05, 0) is 19.1 Å². The number of halogens is 1. The number of hydrogen-bond donors (Lipinski definition) is 0. The fraction of sp³-hybridized carbons (Fsp3) is 0.231. The molecular weight excluding hydrogens is 252 g/mol. The molecule has 2 rings (SSSR count). The first kappa shape index (κ1) is 12.6. The highest BCUT2D eigenvalue weighted by molar-refractivity contribution is 6.31. The summed E-state index contributed by atoms with van der Waals surface area (Å²) >= 11 is 5.82. The van der Waals surface area contributed by atoms with Crippen LogP contribution in [0.15, 0.2) is 41.5 Å². The van der Waals surface area contributed by atoms with Crippen molar-refractivity contribution in [1.29, 1.82) is 0 Å². The van der Waals surface area contributed by atoms with Crippen molar-refractivity contribution in [3.05, 3.63) is 57.7 Å². The Hall–Kier alpha value is -1.81. The third-order valence-electron chi connectivity index (χ3n) is 2.72. The van der Waals surface area contributed by atoms with E-state index in [4.69, 9.17) is 11.6 Å². The van der Waals surface area contributed by atoms with E-state index in [0.717, 1.165) is 0 Å². The predicted octanol–water partition coefficient (Wildman–Crippen LogP) is 2.21. The Morgan fingerprint density at radius 1 is 1.28 bits per heavy atom. The van der Waals surface area contributed by atoms with Crippen molar-refractivity contribution >= 4 is 17.4 Å². The van der Waals surface area contributed by atoms with Gasteiger partial charge in [0.25, 0.3) is 0 Å². The molecule has 0 saturated carbocycles. The first-order valence-electron chi connectivity index (χ1n) is 5.66. The highest BCUT2D eigenvalue weighted by atomic mass is 35.5. The minimum absolute atomic E-state index is 0.0339. The first-order chi connectivity index (χ1) is 8.61. The third kappa shape index (κ3) is 2.54. The van der Waals surface area contributed by atoms with Gasteiger partial charge in [-0.2, -0.15) is 0 Å². The number of aryl methyl sites for hydroxylation is 1. The molecule has 0 aliphatic rings. The van der Waals surface area contributed by atoms with Crippen molar-refractivity contribution in [2.75, 3.05) is 0 Å². The molecule has 0 radical (unpaired) electrons. The second-order valence-electron chi connectivity index (χ2n) is 3.93. The van der Waals surface area contributed by atoms with Crippen LogP contribution in [0.1, 0.15) is 17.3 Å². The molecule has 0 N–H and O–H groups in total. The molecule has 5 heteroatoms. The van der Waals surface area contributed by atoms with Gasteiger partial charge in [0.15, 0.2) is 5.78 Å². The number of aromatic nitrogens is 2. The van der Waals surface area contributed by atoms with Crippen LogP contribution in [0.4, 0.5) is 0 Å². The molecule has 0 fully saturated rings. The Kier molecular flexibility index (Phi) is 3.67. The molecule has 0 unspecified atom stereocenters. The zero-order valence-corrected chi connectivity index (χ0v) is 10.7. The molecule has 94 valence electrons. The van der Waals surface area contributed by atoms with E-state index < -0.39 is 0 Å². The number of carbonyl (C=O) groups is 1. The zero-order chi connectivity index (χ0) is 13.1. The van der Waals surface area contributed by atoms with Gasteiger partial charge in [-0.1, -0.05) is 23.7 Å². The smallest absolute Gasteiger partial charge is 0.300 e. The van der Waals surface area contributed by atoms with Crippen molar-refractivity contribution in [1.82, 2.24) is 9.13 Å². The van der Waals surface area contributed by atoms with Gasteiger partial charge in [0.05, 0.1) is 6.54 Å². The number of benzene rings is 1. The molecule has 0 spiro atoms. The summed E-state index contributed by atoms with van der Waals surface area (Å²) in [5.41, 5.74) is 0.339. The van der Waals surface area contributed by atoms with E-state index in [1.54, 1.807) is 41.2 Å². The number of ketones is 1. The van der Waals surface area contributed by atoms with Crippen molar-refractivity contribution < 1.29 is 4.79 Å². The van der Waals surface area contributed by atoms with E-state index >= 15 is 0 Å². The second-order valence-corrected chi connectivity index (χ2v) is 4.36. The van der Waals surface area contributed by atoms with Crippen LogP contribution in [0.2, 0.25) is 5.02 Å². The maximum absolute atomic E-state index is 12.0. The van der Waals surface area contributed by atoms with Gasteiger partial charge in [0, 0.05) is 29.5 Å². The molecule has 0 atom stereocenters. The van der Waals surface area contributed by atoms with Crippen LogP contribution in [0.3, 0.4) is 0 Å². The van der Waals surface area contributed by atoms with E-state index in [1.807, 2.05) is 6.92 Å². The Morgan fingerprint density at radius 3 is 2.61 bits per heavy atom. The predicted molar refractivity (Wildman–Crippen MR) is 70.1 cm³/mol. The molecule has 2 aromatic rings. The van der Waals surface area contributed by atoms with Crippen LogP contribution in [-0.4, -0.2) is 14.9 Å². The summed E-state index contributed by atoms with van der Waals surface area (Å²) in [5.74, 6) is -0.131. The quantitative estimate of drug-likeness (QED) is 0.795. The normalized spacial score (nSPS) is 10.6. The summed E-state index contributed by atoms with van der Waals surface area (Å²) in [7, 11) is 0. The number of Topliss-reactive ketones (excluding diaryl/α,β-unsaturated/α-hetero) is 1. The van der Waals surface area contributed by atoms with E-state index in [9.17, 15) is 9.59 Å². The third-order valence-corrected chi connectivity index (χ3v) is 2.95. The molecule has 0 saturated heterocycles. The van der Waals surface area contributed by atoms with Crippen molar-refractivity contribution in [3.8, 4) is 0 Å². The number of imidazole rings is 1. The number of rotatable bonds is 4. The van der Waals surface area contributed by atoms with Gasteiger partial charge in [0.2, 0.25) is 0 Å². The van der Waals surface area contributed by atoms with Gasteiger partial charge in [0.1, 0.15) is 0 Å². The molecule has 18 heavy (non-hydrogen) atoms. The lowest BCUT2D eigenvalue weighted by Gasteiger charge is -2.02. The summed E-state index contributed by atoms with van der Waals surface area (Å²) in [4.78, 5) is 23.8. The lowest BCUT2D eigenvalue weighted by atomic mass is 10.1. The fourth-order valence-electron chi connectivity index (χ4n) is 1.72.